The van der Waals surface area contributed by atoms with E-state index in [9.17, 15) is 6.85 Å². The predicted molar refractivity (Wildman–Crippen MR) is 202 cm³/mol. The predicted octanol–water partition coefficient (Wildman–Crippen LogP) is 12.9. The fraction of sp³-hybridized carbons (Fsp3) is 0.0213. The minimum Gasteiger partial charge on any atom is -0.0622 e. The Hall–Kier alpha value is -5.98. The van der Waals surface area contributed by atoms with Crippen molar-refractivity contribution in [2.24, 2.45) is 0 Å². The maximum atomic E-state index is 10.1. The van der Waals surface area contributed by atoms with E-state index in [1.165, 1.54) is 0 Å². The van der Waals surface area contributed by atoms with E-state index in [1.54, 1.807) is 0 Å². The maximum absolute atomic E-state index is 10.1. The van der Waals surface area contributed by atoms with E-state index >= 15 is 0 Å². The van der Waals surface area contributed by atoms with Crippen molar-refractivity contribution >= 4 is 43.1 Å². The number of hydrogen-bond acceptors (Lipinski definition) is 0. The molecule has 0 atom stereocenters. The SMILES string of the molecule is [2H]c1c([2H])c([2H])c2c(-c3ccccc3)c3c([2H])c([2H])c(-c4cccc5ccccc45)c([2H])c3c(Cc3ccc(-c4ccccc4)c4ccccc34)c2c1[2H]. The van der Waals surface area contributed by atoms with Gasteiger partial charge in [-0.15, -0.1) is 0 Å². The van der Waals surface area contributed by atoms with Crippen molar-refractivity contribution < 1.29 is 9.60 Å². The van der Waals surface area contributed by atoms with Gasteiger partial charge in [-0.2, -0.15) is 0 Å². The van der Waals surface area contributed by atoms with Crippen molar-refractivity contribution in [3.63, 3.8) is 0 Å². The Labute approximate surface area is 285 Å². The summed E-state index contributed by atoms with van der Waals surface area (Å²) in [6.45, 7) is 0. The van der Waals surface area contributed by atoms with Crippen molar-refractivity contribution in [1.82, 2.24) is 0 Å². The first-order valence-corrected chi connectivity index (χ1v) is 15.8. The van der Waals surface area contributed by atoms with Gasteiger partial charge in [0.05, 0.1) is 9.60 Å². The molecule has 9 aromatic carbocycles. The topological polar surface area (TPSA) is 0 Å². The van der Waals surface area contributed by atoms with Crippen molar-refractivity contribution in [3.05, 3.63) is 193 Å². The quantitative estimate of drug-likeness (QED) is 0.172. The molecule has 0 unspecified atom stereocenters. The zero-order chi connectivity index (χ0) is 37.2. The Kier molecular flexibility index (Phi) is 5.09. The highest BCUT2D eigenvalue weighted by molar-refractivity contribution is 6.16. The Morgan fingerprint density at radius 2 is 1.00 bits per heavy atom. The molecule has 0 fully saturated rings. The zero-order valence-corrected chi connectivity index (χ0v) is 25.5. The third kappa shape index (κ3) is 4.69. The van der Waals surface area contributed by atoms with Crippen LogP contribution in [0, 0.1) is 0 Å². The fourth-order valence-corrected chi connectivity index (χ4v) is 7.02. The molecule has 0 amide bonds. The number of hydrogen-bond donors (Lipinski definition) is 0. The lowest BCUT2D eigenvalue weighted by Gasteiger charge is -2.20. The standard InChI is InChI=1S/C47H32/c1-3-14-32(15-4-1)40-28-26-36(39-21-9-10-22-41(39)40)30-45-42-23-11-12-24-43(42)47(34-17-5-2-6-18-34)44-29-27-35(31-46(44)45)38-25-13-19-33-16-7-8-20-37(33)38/h1-29,31H,30H2/i11D,12D,23D,24D,27D,29D,31D. The molecule has 0 aliphatic carbocycles. The second kappa shape index (κ2) is 11.4. The summed E-state index contributed by atoms with van der Waals surface area (Å²) in [6, 6.07) is 44.1. The second-order valence-corrected chi connectivity index (χ2v) is 11.9. The van der Waals surface area contributed by atoms with Crippen LogP contribution in [0.15, 0.2) is 182 Å². The average Bonchev–Trinajstić information content (AvgIpc) is 3.21. The molecule has 0 spiro atoms. The average molecular weight is 604 g/mol. The van der Waals surface area contributed by atoms with Crippen LogP contribution in [-0.4, -0.2) is 0 Å². The van der Waals surface area contributed by atoms with Gasteiger partial charge in [0.25, 0.3) is 0 Å². The van der Waals surface area contributed by atoms with Crippen LogP contribution < -0.4 is 0 Å². The van der Waals surface area contributed by atoms with Crippen molar-refractivity contribution in [1.29, 1.82) is 0 Å². The van der Waals surface area contributed by atoms with Gasteiger partial charge in [0.2, 0.25) is 0 Å². The van der Waals surface area contributed by atoms with Crippen LogP contribution in [0.25, 0.3) is 76.5 Å². The van der Waals surface area contributed by atoms with E-state index in [2.05, 4.69) is 36.4 Å². The molecule has 0 N–H and O–H groups in total. The largest absolute Gasteiger partial charge is 0.0636 e. The highest BCUT2D eigenvalue weighted by atomic mass is 14.2. The van der Waals surface area contributed by atoms with Crippen molar-refractivity contribution in [2.75, 3.05) is 0 Å². The van der Waals surface area contributed by atoms with E-state index in [0.717, 1.165) is 38.2 Å². The molecule has 0 heterocycles. The van der Waals surface area contributed by atoms with Gasteiger partial charge in [-0.3, -0.25) is 0 Å². The molecule has 9 aromatic rings. The van der Waals surface area contributed by atoms with Crippen molar-refractivity contribution in [2.45, 2.75) is 6.42 Å². The third-order valence-corrected chi connectivity index (χ3v) is 9.19. The van der Waals surface area contributed by atoms with Gasteiger partial charge in [0.15, 0.2) is 0 Å². The molecule has 0 aromatic heterocycles. The number of fused-ring (bicyclic) bond motifs is 4. The summed E-state index contributed by atoms with van der Waals surface area (Å²) in [7, 11) is 0. The lowest BCUT2D eigenvalue weighted by Crippen LogP contribution is -1.97. The molecule has 47 heavy (non-hydrogen) atoms. The molecule has 0 nitrogen and oxygen atoms in total. The molecule has 220 valence electrons. The molecule has 0 bridgehead atoms. The number of rotatable bonds is 5. The first-order chi connectivity index (χ1) is 26.3. The molecule has 0 heteroatoms. The van der Waals surface area contributed by atoms with E-state index in [-0.39, 0.29) is 54.1 Å². The van der Waals surface area contributed by atoms with E-state index in [4.69, 9.17) is 2.74 Å². The highest BCUT2D eigenvalue weighted by Gasteiger charge is 2.18. The minimum atomic E-state index is -0.372. The summed E-state index contributed by atoms with van der Waals surface area (Å²) in [5.41, 5.74) is 5.64. The summed E-state index contributed by atoms with van der Waals surface area (Å²) >= 11 is 0. The van der Waals surface area contributed by atoms with Crippen LogP contribution in [0.5, 0.6) is 0 Å². The maximum Gasteiger partial charge on any atom is 0.0636 e. The van der Waals surface area contributed by atoms with E-state index < -0.39 is 0 Å². The highest BCUT2D eigenvalue weighted by Crippen LogP contribution is 2.43. The Morgan fingerprint density at radius 1 is 0.383 bits per heavy atom. The van der Waals surface area contributed by atoms with Gasteiger partial charge in [-0.05, 0) is 100 Å². The van der Waals surface area contributed by atoms with Crippen LogP contribution in [0.2, 0.25) is 0 Å². The summed E-state index contributed by atoms with van der Waals surface area (Å²) in [6.07, 6.45) is 0.220. The molecular weight excluding hydrogens is 565 g/mol. The number of benzene rings is 9. The van der Waals surface area contributed by atoms with Gasteiger partial charge in [-0.1, -0.05) is 176 Å². The third-order valence-electron chi connectivity index (χ3n) is 9.19. The van der Waals surface area contributed by atoms with Crippen LogP contribution in [0.1, 0.15) is 20.7 Å². The Balaban J connectivity index is 1.48. The summed E-state index contributed by atoms with van der Waals surface area (Å²) in [5.74, 6) is 0. The van der Waals surface area contributed by atoms with Crippen LogP contribution in [0.4, 0.5) is 0 Å². The van der Waals surface area contributed by atoms with Gasteiger partial charge >= 0.3 is 0 Å². The van der Waals surface area contributed by atoms with Crippen molar-refractivity contribution in [3.8, 4) is 33.4 Å². The lowest BCUT2D eigenvalue weighted by atomic mass is 9.84. The molecule has 0 aliphatic rings. The van der Waals surface area contributed by atoms with Crippen LogP contribution in [-0.2, 0) is 6.42 Å². The van der Waals surface area contributed by atoms with E-state index in [0.29, 0.717) is 44.0 Å². The van der Waals surface area contributed by atoms with E-state index in [1.807, 2.05) is 103 Å². The first kappa shape index (κ1) is 20.9. The molecule has 9 rings (SSSR count). The van der Waals surface area contributed by atoms with Crippen LogP contribution in [0.3, 0.4) is 0 Å². The fourth-order valence-electron chi connectivity index (χ4n) is 7.02. The molecular formula is C47H32. The monoisotopic (exact) mass is 603 g/mol. The van der Waals surface area contributed by atoms with Crippen LogP contribution >= 0.6 is 0 Å². The van der Waals surface area contributed by atoms with Gasteiger partial charge in [-0.25, -0.2) is 0 Å². The molecule has 0 saturated heterocycles. The Bertz CT molecular complexity index is 2970. The van der Waals surface area contributed by atoms with Gasteiger partial charge in [0, 0.05) is 0 Å². The minimum absolute atomic E-state index is 0.0501. The zero-order valence-electron chi connectivity index (χ0n) is 32.5. The molecule has 0 aliphatic heterocycles. The van der Waals surface area contributed by atoms with Gasteiger partial charge < -0.3 is 0 Å². The molecule has 0 saturated carbocycles. The summed E-state index contributed by atoms with van der Waals surface area (Å²) in [5, 5.41) is 5.17. The van der Waals surface area contributed by atoms with Gasteiger partial charge in [0.1, 0.15) is 0 Å². The normalized spacial score (nSPS) is 13.6. The lowest BCUT2D eigenvalue weighted by molar-refractivity contribution is 1.26. The smallest absolute Gasteiger partial charge is 0.0622 e. The molecule has 0 radical (unpaired) electrons. The Morgan fingerprint density at radius 3 is 1.81 bits per heavy atom. The second-order valence-electron chi connectivity index (χ2n) is 11.9. The summed E-state index contributed by atoms with van der Waals surface area (Å²) in [4.78, 5) is 0. The summed E-state index contributed by atoms with van der Waals surface area (Å²) < 4.78 is 65.7. The first-order valence-electron chi connectivity index (χ1n) is 19.3.